The van der Waals surface area contributed by atoms with Crippen LogP contribution in [0, 0.1) is 22.7 Å². The lowest BCUT2D eigenvalue weighted by atomic mass is 9.42. The van der Waals surface area contributed by atoms with Crippen LogP contribution in [0.2, 0.25) is 0 Å². The molecule has 6 atom stereocenters. The summed E-state index contributed by atoms with van der Waals surface area (Å²) < 4.78 is 0. The van der Waals surface area contributed by atoms with Crippen LogP contribution < -0.4 is 16.0 Å². The minimum absolute atomic E-state index is 0.0775. The minimum atomic E-state index is -2.86. The van der Waals surface area contributed by atoms with Gasteiger partial charge in [0.25, 0.3) is 0 Å². The van der Waals surface area contributed by atoms with E-state index < -0.39 is 69.1 Å². The quantitative estimate of drug-likeness (QED) is 0.339. The van der Waals surface area contributed by atoms with Crippen molar-refractivity contribution in [3.8, 4) is 5.75 Å². The molecule has 4 rings (SSSR count). The number of primary amides is 1. The van der Waals surface area contributed by atoms with E-state index in [0.29, 0.717) is 11.3 Å². The third-order valence-electron chi connectivity index (χ3n) is 9.05. The van der Waals surface area contributed by atoms with E-state index in [4.69, 9.17) is 5.73 Å². The smallest absolute Gasteiger partial charge is 0.235 e. The molecule has 216 valence electrons. The highest BCUT2D eigenvalue weighted by atomic mass is 16.3. The predicted octanol–water partition coefficient (Wildman–Crippen LogP) is -0.651. The number of phenolic OH excluding ortho intramolecular Hbond substituents is 1. The number of hydrogen-bond donors (Lipinski definition) is 4. The Labute approximate surface area is 231 Å². The predicted molar refractivity (Wildman–Crippen MR) is 142 cm³/mol. The molecule has 1 aromatic carbocycles. The van der Waals surface area contributed by atoms with Gasteiger partial charge in [-0.3, -0.25) is 33.7 Å². The van der Waals surface area contributed by atoms with Gasteiger partial charge in [0.1, 0.15) is 5.75 Å². The van der Waals surface area contributed by atoms with Crippen LogP contribution in [0.5, 0.6) is 5.75 Å². The molecule has 12 heteroatoms. The molecule has 0 aromatic heterocycles. The molecule has 0 radical (unpaired) electrons. The molecule has 2 fully saturated rings. The number of phenols is 1. The molecule has 40 heavy (non-hydrogen) atoms. The van der Waals surface area contributed by atoms with Crippen molar-refractivity contribution < 1.29 is 39.0 Å². The molecule has 2 saturated carbocycles. The van der Waals surface area contributed by atoms with Crippen LogP contribution in [0.25, 0.3) is 0 Å². The zero-order valence-electron chi connectivity index (χ0n) is 23.7. The van der Waals surface area contributed by atoms with Crippen LogP contribution >= 0.6 is 0 Å². The van der Waals surface area contributed by atoms with Crippen LogP contribution in [0.4, 0.5) is 5.69 Å². The standard InChI is InChI=1S/C28H36N4O8/c1-12(33)30-10-13-8-15(31(4)5)14-9-26(2)11-27(3)22(32(6)7)21(36)17(25(29)39)23(37)28(27,40)24(38)18(26)20(35)16(14)19(13)34/h8,17-18,22,34,40H,9-11H2,1-7H3,(H2,29,39)(H,30,33)/t17?,18?,22-,26+,27+,28-/m1/s1. The monoisotopic (exact) mass is 556 g/mol. The van der Waals surface area contributed by atoms with Gasteiger partial charge in [-0.1, -0.05) is 13.8 Å². The number of carbonyl (C=O) groups is 6. The van der Waals surface area contributed by atoms with Gasteiger partial charge in [0.15, 0.2) is 34.7 Å². The summed E-state index contributed by atoms with van der Waals surface area (Å²) in [7, 11) is 6.59. The summed E-state index contributed by atoms with van der Waals surface area (Å²) >= 11 is 0. The van der Waals surface area contributed by atoms with Gasteiger partial charge in [0.05, 0.1) is 17.5 Å². The Morgan fingerprint density at radius 1 is 1.10 bits per heavy atom. The van der Waals surface area contributed by atoms with Gasteiger partial charge in [-0.2, -0.15) is 0 Å². The third-order valence-corrected chi connectivity index (χ3v) is 9.05. The lowest BCUT2D eigenvalue weighted by molar-refractivity contribution is -0.203. The van der Waals surface area contributed by atoms with Gasteiger partial charge in [0.2, 0.25) is 11.8 Å². The van der Waals surface area contributed by atoms with E-state index in [1.807, 2.05) is 0 Å². The Kier molecular flexibility index (Phi) is 6.75. The summed E-state index contributed by atoms with van der Waals surface area (Å²) in [5.41, 5.74) is 0.890. The van der Waals surface area contributed by atoms with Crippen molar-refractivity contribution in [1.82, 2.24) is 10.2 Å². The maximum absolute atomic E-state index is 14.3. The molecule has 2 unspecified atom stereocenters. The average molecular weight is 557 g/mol. The Hall–Kier alpha value is -3.64. The largest absolute Gasteiger partial charge is 0.507 e. The second kappa shape index (κ2) is 9.20. The van der Waals surface area contributed by atoms with E-state index in [9.17, 15) is 39.0 Å². The molecule has 0 spiro atoms. The average Bonchev–Trinajstić information content (AvgIpc) is 2.80. The van der Waals surface area contributed by atoms with Crippen molar-refractivity contribution in [3.05, 3.63) is 22.8 Å². The first-order chi connectivity index (χ1) is 18.3. The number of aromatic hydroxyl groups is 1. The molecule has 0 aliphatic heterocycles. The number of hydrogen-bond acceptors (Lipinski definition) is 10. The number of amides is 2. The maximum atomic E-state index is 14.3. The van der Waals surface area contributed by atoms with E-state index in [2.05, 4.69) is 5.32 Å². The topological polar surface area (TPSA) is 187 Å². The first-order valence-electron chi connectivity index (χ1n) is 13.0. The molecule has 3 aliphatic rings. The third kappa shape index (κ3) is 3.72. The first kappa shape index (κ1) is 29.3. The van der Waals surface area contributed by atoms with Crippen LogP contribution in [0.3, 0.4) is 0 Å². The van der Waals surface area contributed by atoms with Crippen molar-refractivity contribution in [3.63, 3.8) is 0 Å². The van der Waals surface area contributed by atoms with Gasteiger partial charge in [-0.15, -0.1) is 0 Å². The number of likely N-dealkylation sites (N-methyl/N-ethyl adjacent to an activating group) is 1. The van der Waals surface area contributed by atoms with Crippen LogP contribution in [0.1, 0.15) is 48.7 Å². The highest BCUT2D eigenvalue weighted by Crippen LogP contribution is 2.62. The lowest BCUT2D eigenvalue weighted by Gasteiger charge is -2.61. The zero-order valence-corrected chi connectivity index (χ0v) is 23.7. The first-order valence-corrected chi connectivity index (χ1v) is 13.0. The minimum Gasteiger partial charge on any atom is -0.507 e. The molecule has 0 heterocycles. The zero-order chi connectivity index (χ0) is 30.3. The van der Waals surface area contributed by atoms with E-state index in [-0.39, 0.29) is 36.4 Å². The Bertz CT molecular complexity index is 1390. The SMILES string of the molecule is CC(=O)NCc1cc(N(C)C)c2c(c1O)C(=O)C1C(=O)[C@]3(O)C(=O)C(C(N)=O)C(=O)[C@@H](N(C)C)[C@]3(C)C[C@]1(C)C2. The summed E-state index contributed by atoms with van der Waals surface area (Å²) in [5.74, 6) is -9.67. The maximum Gasteiger partial charge on any atom is 0.235 e. The number of carbonyl (C=O) groups excluding carboxylic acids is 6. The number of Topliss-reactive ketones (excluding diaryl/α,β-unsaturated/α-hetero) is 4. The molecule has 3 aliphatic carbocycles. The fourth-order valence-electron chi connectivity index (χ4n) is 7.58. The normalized spacial score (nSPS) is 33.3. The van der Waals surface area contributed by atoms with Gasteiger partial charge >= 0.3 is 0 Å². The van der Waals surface area contributed by atoms with Gasteiger partial charge in [0, 0.05) is 44.2 Å². The fraction of sp³-hybridized carbons (Fsp3) is 0.571. The summed E-state index contributed by atoms with van der Waals surface area (Å²) in [5, 5.41) is 25.8. The summed E-state index contributed by atoms with van der Waals surface area (Å²) in [4.78, 5) is 82.6. The number of nitrogens with one attached hydrogen (secondary N) is 1. The molecule has 0 bridgehead atoms. The number of fused-ring (bicyclic) bond motifs is 3. The number of anilines is 1. The highest BCUT2D eigenvalue weighted by molar-refractivity contribution is 6.33. The Morgan fingerprint density at radius 2 is 1.70 bits per heavy atom. The van der Waals surface area contributed by atoms with Crippen molar-refractivity contribution in [2.24, 2.45) is 28.4 Å². The van der Waals surface area contributed by atoms with Crippen LogP contribution in [0.15, 0.2) is 6.07 Å². The number of nitrogens with zero attached hydrogens (tertiary/aromatic N) is 2. The number of ketones is 4. The van der Waals surface area contributed by atoms with Gasteiger partial charge < -0.3 is 26.2 Å². The number of rotatable bonds is 5. The molecule has 1 aromatic rings. The van der Waals surface area contributed by atoms with Crippen LogP contribution in [-0.2, 0) is 36.9 Å². The van der Waals surface area contributed by atoms with E-state index >= 15 is 0 Å². The summed E-state index contributed by atoms with van der Waals surface area (Å²) in [6.07, 6.45) is 0.0184. The van der Waals surface area contributed by atoms with Crippen LogP contribution in [-0.4, -0.2) is 89.9 Å². The number of aliphatic hydroxyl groups is 1. The van der Waals surface area contributed by atoms with Gasteiger partial charge in [-0.25, -0.2) is 0 Å². The fourth-order valence-corrected chi connectivity index (χ4v) is 7.58. The molecule has 0 saturated heterocycles. The Balaban J connectivity index is 1.98. The van der Waals surface area contributed by atoms with Crippen molar-refractivity contribution >= 4 is 40.6 Å². The van der Waals surface area contributed by atoms with Crippen molar-refractivity contribution in [2.45, 2.75) is 51.8 Å². The number of benzene rings is 1. The second-order valence-corrected chi connectivity index (χ2v) is 12.3. The lowest BCUT2D eigenvalue weighted by Crippen LogP contribution is -2.79. The van der Waals surface area contributed by atoms with E-state index in [1.54, 1.807) is 46.1 Å². The van der Waals surface area contributed by atoms with Gasteiger partial charge in [-0.05, 0) is 44.0 Å². The Morgan fingerprint density at radius 3 is 2.20 bits per heavy atom. The molecular formula is C28H36N4O8. The molecule has 2 amide bonds. The molecule has 12 nitrogen and oxygen atoms in total. The van der Waals surface area contributed by atoms with Crippen molar-refractivity contribution in [2.75, 3.05) is 33.1 Å². The number of nitrogens with two attached hydrogens (primary N) is 1. The van der Waals surface area contributed by atoms with E-state index in [1.165, 1.54) is 18.7 Å². The summed E-state index contributed by atoms with van der Waals surface area (Å²) in [6, 6.07) is 0.435. The molecular weight excluding hydrogens is 520 g/mol. The van der Waals surface area contributed by atoms with Crippen molar-refractivity contribution in [1.29, 1.82) is 0 Å². The second-order valence-electron chi connectivity index (χ2n) is 12.3. The highest BCUT2D eigenvalue weighted by Gasteiger charge is 2.76. The summed E-state index contributed by atoms with van der Waals surface area (Å²) in [6.45, 7) is 4.39. The van der Waals surface area contributed by atoms with E-state index in [0.717, 1.165) is 0 Å². The molecule has 5 N–H and O–H groups in total.